The highest BCUT2D eigenvalue weighted by Crippen LogP contribution is 2.41. The number of hydrogen-bond acceptors (Lipinski definition) is 2. The molecule has 2 atom stereocenters. The van der Waals surface area contributed by atoms with E-state index in [1.165, 1.54) is 10.9 Å². The molecule has 0 bridgehead atoms. The van der Waals surface area contributed by atoms with Gasteiger partial charge in [0.05, 0.1) is 5.52 Å². The van der Waals surface area contributed by atoms with Crippen LogP contribution < -0.4 is 5.73 Å². The van der Waals surface area contributed by atoms with Crippen LogP contribution >= 0.6 is 0 Å². The number of hydrogen-bond donors (Lipinski definition) is 1. The molecule has 0 spiro atoms. The first kappa shape index (κ1) is 7.94. The largest absolute Gasteiger partial charge is 0.327 e. The lowest BCUT2D eigenvalue weighted by atomic mass is 10.1. The number of pyridine rings is 1. The number of nitrogens with two attached hydrogens (primary N) is 1. The molecule has 0 saturated heterocycles. The molecule has 1 fully saturated rings. The predicted octanol–water partition coefficient (Wildman–Crippen LogP) is 2.05. The first-order chi connectivity index (χ1) is 6.86. The second kappa shape index (κ2) is 2.79. The summed E-state index contributed by atoms with van der Waals surface area (Å²) in [5, 5.41) is 1.26. The fraction of sp³-hybridized carbons (Fsp3) is 0.250. The maximum absolute atomic E-state index is 5.87. The number of para-hydroxylation sites is 1. The molecule has 1 aliphatic rings. The zero-order valence-electron chi connectivity index (χ0n) is 7.85. The van der Waals surface area contributed by atoms with Gasteiger partial charge < -0.3 is 5.73 Å². The van der Waals surface area contributed by atoms with Gasteiger partial charge in [-0.25, -0.2) is 0 Å². The van der Waals surface area contributed by atoms with Crippen LogP contribution in [0.3, 0.4) is 0 Å². The average molecular weight is 184 g/mol. The van der Waals surface area contributed by atoms with Crippen LogP contribution in [0.2, 0.25) is 0 Å². The summed E-state index contributed by atoms with van der Waals surface area (Å²) in [6.07, 6.45) is 3.00. The monoisotopic (exact) mass is 184 g/mol. The topological polar surface area (TPSA) is 38.9 Å². The van der Waals surface area contributed by atoms with E-state index >= 15 is 0 Å². The van der Waals surface area contributed by atoms with Gasteiger partial charge >= 0.3 is 0 Å². The number of benzene rings is 1. The molecular weight excluding hydrogens is 172 g/mol. The van der Waals surface area contributed by atoms with Crippen LogP contribution in [-0.2, 0) is 0 Å². The summed E-state index contributed by atoms with van der Waals surface area (Å²) in [6.45, 7) is 0. The number of aromatic nitrogens is 1. The molecule has 1 saturated carbocycles. The third kappa shape index (κ3) is 1.11. The molecule has 0 amide bonds. The smallest absolute Gasteiger partial charge is 0.0704 e. The second-order valence-electron chi connectivity index (χ2n) is 3.92. The van der Waals surface area contributed by atoms with Gasteiger partial charge in [0.15, 0.2) is 0 Å². The van der Waals surface area contributed by atoms with E-state index in [1.807, 2.05) is 18.3 Å². The number of fused-ring (bicyclic) bond motifs is 1. The third-order valence-corrected chi connectivity index (χ3v) is 2.92. The molecule has 70 valence electrons. The van der Waals surface area contributed by atoms with Crippen LogP contribution in [0.4, 0.5) is 0 Å². The first-order valence-corrected chi connectivity index (χ1v) is 4.95. The standard InChI is InChI=1S/C12H12N2/c13-11-7-10(11)8-5-6-14-12-4-2-1-3-9(8)12/h1-6,10-11H,7,13H2. The van der Waals surface area contributed by atoms with Gasteiger partial charge in [-0.2, -0.15) is 0 Å². The molecule has 2 heteroatoms. The summed E-state index contributed by atoms with van der Waals surface area (Å²) < 4.78 is 0. The zero-order chi connectivity index (χ0) is 9.54. The van der Waals surface area contributed by atoms with E-state index in [1.54, 1.807) is 0 Å². The van der Waals surface area contributed by atoms with E-state index in [4.69, 9.17) is 5.73 Å². The van der Waals surface area contributed by atoms with Crippen LogP contribution in [0.1, 0.15) is 17.9 Å². The van der Waals surface area contributed by atoms with Crippen LogP contribution in [0.15, 0.2) is 36.5 Å². The van der Waals surface area contributed by atoms with E-state index in [9.17, 15) is 0 Å². The highest BCUT2D eigenvalue weighted by molar-refractivity contribution is 5.82. The molecule has 1 aromatic carbocycles. The molecule has 2 N–H and O–H groups in total. The molecule has 1 aromatic heterocycles. The van der Waals surface area contributed by atoms with Crippen molar-refractivity contribution in [2.45, 2.75) is 18.4 Å². The zero-order valence-corrected chi connectivity index (χ0v) is 7.85. The van der Waals surface area contributed by atoms with E-state index in [0.29, 0.717) is 12.0 Å². The minimum Gasteiger partial charge on any atom is -0.327 e. The van der Waals surface area contributed by atoms with Crippen molar-refractivity contribution in [1.82, 2.24) is 4.98 Å². The van der Waals surface area contributed by atoms with Gasteiger partial charge in [0.2, 0.25) is 0 Å². The van der Waals surface area contributed by atoms with Crippen molar-refractivity contribution in [2.75, 3.05) is 0 Å². The summed E-state index contributed by atoms with van der Waals surface area (Å²) in [4.78, 5) is 4.34. The normalized spacial score (nSPS) is 25.2. The lowest BCUT2D eigenvalue weighted by Gasteiger charge is -2.03. The summed E-state index contributed by atoms with van der Waals surface area (Å²) in [6, 6.07) is 10.7. The van der Waals surface area contributed by atoms with Crippen molar-refractivity contribution in [3.8, 4) is 0 Å². The van der Waals surface area contributed by atoms with Crippen molar-refractivity contribution >= 4 is 10.9 Å². The summed E-state index contributed by atoms with van der Waals surface area (Å²) >= 11 is 0. The van der Waals surface area contributed by atoms with Crippen LogP contribution in [0.25, 0.3) is 10.9 Å². The van der Waals surface area contributed by atoms with Crippen LogP contribution in [-0.4, -0.2) is 11.0 Å². The van der Waals surface area contributed by atoms with Gasteiger partial charge in [-0.05, 0) is 24.1 Å². The Hall–Kier alpha value is -1.41. The van der Waals surface area contributed by atoms with E-state index < -0.39 is 0 Å². The SMILES string of the molecule is NC1CC1c1ccnc2ccccc12. The van der Waals surface area contributed by atoms with Gasteiger partial charge in [0, 0.05) is 23.5 Å². The van der Waals surface area contributed by atoms with Gasteiger partial charge in [-0.1, -0.05) is 18.2 Å². The maximum atomic E-state index is 5.87. The van der Waals surface area contributed by atoms with Crippen LogP contribution in [0.5, 0.6) is 0 Å². The highest BCUT2D eigenvalue weighted by atomic mass is 14.7. The highest BCUT2D eigenvalue weighted by Gasteiger charge is 2.35. The number of nitrogens with zero attached hydrogens (tertiary/aromatic N) is 1. The molecular formula is C12H12N2. The van der Waals surface area contributed by atoms with Gasteiger partial charge in [-0.15, -0.1) is 0 Å². The Labute approximate surface area is 82.8 Å². The third-order valence-electron chi connectivity index (χ3n) is 2.92. The fourth-order valence-corrected chi connectivity index (χ4v) is 2.01. The Bertz CT molecular complexity index is 473. The summed E-state index contributed by atoms with van der Waals surface area (Å²) in [7, 11) is 0. The molecule has 1 heterocycles. The minimum atomic E-state index is 0.362. The summed E-state index contributed by atoms with van der Waals surface area (Å²) in [5.74, 6) is 0.558. The van der Waals surface area contributed by atoms with Crippen molar-refractivity contribution in [1.29, 1.82) is 0 Å². The molecule has 1 aliphatic carbocycles. The first-order valence-electron chi connectivity index (χ1n) is 4.95. The van der Waals surface area contributed by atoms with Gasteiger partial charge in [-0.3, -0.25) is 4.98 Å². The fourth-order valence-electron chi connectivity index (χ4n) is 2.01. The quantitative estimate of drug-likeness (QED) is 0.736. The number of rotatable bonds is 1. The molecule has 2 unspecified atom stereocenters. The Morgan fingerprint density at radius 1 is 1.21 bits per heavy atom. The molecule has 2 aromatic rings. The van der Waals surface area contributed by atoms with Crippen molar-refractivity contribution in [2.24, 2.45) is 5.73 Å². The Kier molecular flexibility index (Phi) is 1.58. The lowest BCUT2D eigenvalue weighted by molar-refractivity contribution is 0.995. The predicted molar refractivity (Wildman–Crippen MR) is 57.1 cm³/mol. The van der Waals surface area contributed by atoms with Crippen LogP contribution in [0, 0.1) is 0 Å². The van der Waals surface area contributed by atoms with Crippen molar-refractivity contribution in [3.05, 3.63) is 42.1 Å². The van der Waals surface area contributed by atoms with Crippen molar-refractivity contribution in [3.63, 3.8) is 0 Å². The lowest BCUT2D eigenvalue weighted by Crippen LogP contribution is -2.01. The van der Waals surface area contributed by atoms with Gasteiger partial charge in [0.1, 0.15) is 0 Å². The average Bonchev–Trinajstić information content (AvgIpc) is 2.95. The summed E-state index contributed by atoms with van der Waals surface area (Å²) in [5.41, 5.74) is 8.31. The molecule has 0 radical (unpaired) electrons. The second-order valence-corrected chi connectivity index (χ2v) is 3.92. The minimum absolute atomic E-state index is 0.362. The Morgan fingerprint density at radius 3 is 2.79 bits per heavy atom. The van der Waals surface area contributed by atoms with Gasteiger partial charge in [0.25, 0.3) is 0 Å². The molecule has 0 aliphatic heterocycles. The van der Waals surface area contributed by atoms with Crippen molar-refractivity contribution < 1.29 is 0 Å². The van der Waals surface area contributed by atoms with E-state index in [0.717, 1.165) is 11.9 Å². The molecule has 3 rings (SSSR count). The van der Waals surface area contributed by atoms with E-state index in [2.05, 4.69) is 23.2 Å². The maximum Gasteiger partial charge on any atom is 0.0704 e. The molecule has 14 heavy (non-hydrogen) atoms. The Balaban J connectivity index is 2.23. The Morgan fingerprint density at radius 2 is 2.00 bits per heavy atom. The van der Waals surface area contributed by atoms with E-state index in [-0.39, 0.29) is 0 Å². The molecule has 2 nitrogen and oxygen atoms in total.